The van der Waals surface area contributed by atoms with E-state index in [4.69, 9.17) is 27.9 Å². The molecule has 4 nitrogen and oxygen atoms in total. The fraction of sp³-hybridized carbons (Fsp3) is 0.562. The monoisotopic (exact) mass is 343 g/mol. The molecular formula is C16H19Cl2NO3. The number of carbonyl (C=O) groups is 1. The number of piperidine rings is 1. The summed E-state index contributed by atoms with van der Waals surface area (Å²) in [5, 5.41) is 11.3. The average molecular weight is 344 g/mol. The molecule has 2 bridgehead atoms. The smallest absolute Gasteiger partial charge is 0.310 e. The van der Waals surface area contributed by atoms with Crippen molar-refractivity contribution >= 4 is 29.2 Å². The number of fused-ring (bicyclic) bond motifs is 2. The first-order chi connectivity index (χ1) is 10.4. The molecule has 0 amide bonds. The number of ether oxygens (including phenoxy) is 1. The number of esters is 1. The van der Waals surface area contributed by atoms with E-state index in [0.29, 0.717) is 16.5 Å². The standard InChI is InChI=1S/C16H19Cl2NO3/c1-19-9-6-10(8-3-4-11(17)12(18)5-8)14(16(21)22-2)15(19)13(20)7-9/h3-5,9-10,13-15,20H,6-7H2,1-2H3/t9-,10-,13-,14-,15+/m0/s1. The van der Waals surface area contributed by atoms with Crippen molar-refractivity contribution in [3.05, 3.63) is 33.8 Å². The van der Waals surface area contributed by atoms with Crippen molar-refractivity contribution in [1.82, 2.24) is 4.90 Å². The third kappa shape index (κ3) is 2.52. The molecule has 0 aliphatic carbocycles. The lowest BCUT2D eigenvalue weighted by Crippen LogP contribution is -2.51. The highest BCUT2D eigenvalue weighted by Crippen LogP contribution is 2.47. The molecule has 22 heavy (non-hydrogen) atoms. The molecule has 0 radical (unpaired) electrons. The summed E-state index contributed by atoms with van der Waals surface area (Å²) in [6.07, 6.45) is 0.973. The van der Waals surface area contributed by atoms with E-state index in [-0.39, 0.29) is 24.0 Å². The van der Waals surface area contributed by atoms with Gasteiger partial charge in [-0.15, -0.1) is 0 Å². The minimum absolute atomic E-state index is 0.0226. The molecule has 0 unspecified atom stereocenters. The summed E-state index contributed by atoms with van der Waals surface area (Å²) in [5.41, 5.74) is 0.974. The molecule has 2 saturated heterocycles. The Hall–Kier alpha value is -0.810. The number of rotatable bonds is 2. The maximum absolute atomic E-state index is 12.4. The highest BCUT2D eigenvalue weighted by Gasteiger charge is 2.53. The highest BCUT2D eigenvalue weighted by atomic mass is 35.5. The lowest BCUT2D eigenvalue weighted by molar-refractivity contribution is -0.151. The number of carbonyl (C=O) groups excluding carboxylic acids is 1. The average Bonchev–Trinajstić information content (AvgIpc) is 2.68. The van der Waals surface area contributed by atoms with Crippen molar-refractivity contribution < 1.29 is 14.6 Å². The first-order valence-electron chi connectivity index (χ1n) is 7.36. The van der Waals surface area contributed by atoms with Crippen LogP contribution in [-0.4, -0.2) is 48.3 Å². The summed E-state index contributed by atoms with van der Waals surface area (Å²) in [6.45, 7) is 0. The number of nitrogens with zero attached hydrogens (tertiary/aromatic N) is 1. The van der Waals surface area contributed by atoms with Crippen LogP contribution >= 0.6 is 23.2 Å². The predicted molar refractivity (Wildman–Crippen MR) is 85.3 cm³/mol. The van der Waals surface area contributed by atoms with Crippen molar-refractivity contribution in [1.29, 1.82) is 0 Å². The van der Waals surface area contributed by atoms with Crippen LogP contribution in [0.2, 0.25) is 10.0 Å². The number of benzene rings is 1. The van der Waals surface area contributed by atoms with Gasteiger partial charge in [0.2, 0.25) is 0 Å². The van der Waals surface area contributed by atoms with Gasteiger partial charge >= 0.3 is 5.97 Å². The van der Waals surface area contributed by atoms with Gasteiger partial charge in [-0.25, -0.2) is 0 Å². The van der Waals surface area contributed by atoms with Gasteiger partial charge in [0, 0.05) is 18.0 Å². The van der Waals surface area contributed by atoms with Crippen molar-refractivity contribution in [2.24, 2.45) is 5.92 Å². The van der Waals surface area contributed by atoms with Crippen LogP contribution in [0.1, 0.15) is 24.3 Å². The Balaban J connectivity index is 2.01. The molecule has 1 N–H and O–H groups in total. The van der Waals surface area contributed by atoms with Gasteiger partial charge in [-0.05, 0) is 37.6 Å². The van der Waals surface area contributed by atoms with E-state index in [1.165, 1.54) is 7.11 Å². The Labute approximate surface area is 140 Å². The second kappa shape index (κ2) is 6.00. The Morgan fingerprint density at radius 1 is 1.32 bits per heavy atom. The third-order valence-electron chi connectivity index (χ3n) is 5.13. The van der Waals surface area contributed by atoms with Crippen molar-refractivity contribution in [2.75, 3.05) is 14.2 Å². The van der Waals surface area contributed by atoms with Crippen LogP contribution in [0, 0.1) is 5.92 Å². The van der Waals surface area contributed by atoms with Crippen LogP contribution in [0.3, 0.4) is 0 Å². The molecule has 2 aliphatic heterocycles. The fourth-order valence-corrected chi connectivity index (χ4v) is 4.36. The maximum Gasteiger partial charge on any atom is 0.310 e. The third-order valence-corrected chi connectivity index (χ3v) is 5.87. The quantitative estimate of drug-likeness (QED) is 0.838. The lowest BCUT2D eigenvalue weighted by atomic mass is 9.76. The molecule has 120 valence electrons. The van der Waals surface area contributed by atoms with Gasteiger partial charge < -0.3 is 9.84 Å². The first kappa shape index (κ1) is 16.1. The van der Waals surface area contributed by atoms with Crippen molar-refractivity contribution in [3.8, 4) is 0 Å². The minimum Gasteiger partial charge on any atom is -0.469 e. The van der Waals surface area contributed by atoms with E-state index in [9.17, 15) is 9.90 Å². The lowest BCUT2D eigenvalue weighted by Gasteiger charge is -2.42. The highest BCUT2D eigenvalue weighted by molar-refractivity contribution is 6.42. The number of aliphatic hydroxyl groups is 1. The van der Waals surface area contributed by atoms with Gasteiger partial charge in [-0.1, -0.05) is 29.3 Å². The topological polar surface area (TPSA) is 49.8 Å². The molecule has 1 aromatic rings. The van der Waals surface area contributed by atoms with E-state index in [0.717, 1.165) is 12.0 Å². The minimum atomic E-state index is -0.508. The van der Waals surface area contributed by atoms with Gasteiger partial charge in [0.25, 0.3) is 0 Å². The van der Waals surface area contributed by atoms with E-state index in [2.05, 4.69) is 4.90 Å². The summed E-state index contributed by atoms with van der Waals surface area (Å²) in [5.74, 6) is -0.709. The Kier molecular flexibility index (Phi) is 4.38. The Morgan fingerprint density at radius 3 is 2.68 bits per heavy atom. The number of methoxy groups -OCH3 is 1. The fourth-order valence-electron chi connectivity index (χ4n) is 4.06. The SMILES string of the molecule is COC(=O)[C@@H]1[C@H]2[C@@H](O)C[C@H](C[C@H]1c1ccc(Cl)c(Cl)c1)N2C. The van der Waals surface area contributed by atoms with Crippen LogP contribution in [0.5, 0.6) is 0 Å². The van der Waals surface area contributed by atoms with Gasteiger partial charge in [-0.2, -0.15) is 0 Å². The zero-order chi connectivity index (χ0) is 16.0. The molecule has 0 aromatic heterocycles. The summed E-state index contributed by atoms with van der Waals surface area (Å²) in [7, 11) is 3.36. The molecule has 0 spiro atoms. The Bertz CT molecular complexity index is 595. The van der Waals surface area contributed by atoms with E-state index >= 15 is 0 Å². The molecule has 1 aromatic carbocycles. The predicted octanol–water partition coefficient (Wildman–Crippen LogP) is 2.70. The molecule has 5 atom stereocenters. The second-order valence-corrected chi connectivity index (χ2v) is 6.99. The summed E-state index contributed by atoms with van der Waals surface area (Å²) in [4.78, 5) is 14.5. The van der Waals surface area contributed by atoms with Crippen LogP contribution in [0.15, 0.2) is 18.2 Å². The van der Waals surface area contributed by atoms with Gasteiger partial charge in [0.15, 0.2) is 0 Å². The van der Waals surface area contributed by atoms with Gasteiger partial charge in [0.1, 0.15) is 0 Å². The number of likely N-dealkylation sites (N-methyl/N-ethyl adjacent to an activating group) is 1. The van der Waals surface area contributed by atoms with Gasteiger partial charge in [0.05, 0.1) is 29.2 Å². The Morgan fingerprint density at radius 2 is 2.05 bits per heavy atom. The van der Waals surface area contributed by atoms with Crippen molar-refractivity contribution in [3.63, 3.8) is 0 Å². The number of hydrogen-bond donors (Lipinski definition) is 1. The zero-order valence-corrected chi connectivity index (χ0v) is 14.0. The van der Waals surface area contributed by atoms with Crippen LogP contribution in [0.4, 0.5) is 0 Å². The van der Waals surface area contributed by atoms with Crippen LogP contribution in [0.25, 0.3) is 0 Å². The first-order valence-corrected chi connectivity index (χ1v) is 8.12. The summed E-state index contributed by atoms with van der Waals surface area (Å²) in [6, 6.07) is 5.53. The maximum atomic E-state index is 12.4. The molecule has 2 heterocycles. The van der Waals surface area contributed by atoms with E-state index in [1.807, 2.05) is 19.2 Å². The van der Waals surface area contributed by atoms with Crippen LogP contribution in [-0.2, 0) is 9.53 Å². The molecule has 2 aliphatic rings. The molecule has 6 heteroatoms. The zero-order valence-electron chi connectivity index (χ0n) is 12.5. The number of halogens is 2. The van der Waals surface area contributed by atoms with Crippen molar-refractivity contribution in [2.45, 2.75) is 36.9 Å². The molecule has 3 rings (SSSR count). The largest absolute Gasteiger partial charge is 0.469 e. The molecule has 0 saturated carbocycles. The number of aliphatic hydroxyl groups excluding tert-OH is 1. The molecular weight excluding hydrogens is 325 g/mol. The van der Waals surface area contributed by atoms with Gasteiger partial charge in [-0.3, -0.25) is 9.69 Å². The second-order valence-electron chi connectivity index (χ2n) is 6.18. The summed E-state index contributed by atoms with van der Waals surface area (Å²) < 4.78 is 5.01. The summed E-state index contributed by atoms with van der Waals surface area (Å²) >= 11 is 12.1. The number of hydrogen-bond acceptors (Lipinski definition) is 4. The van der Waals surface area contributed by atoms with E-state index in [1.54, 1.807) is 6.07 Å². The normalized spacial score (nSPS) is 34.7. The molecule has 2 fully saturated rings. The van der Waals surface area contributed by atoms with Crippen LogP contribution < -0.4 is 0 Å². The van der Waals surface area contributed by atoms with E-state index < -0.39 is 12.0 Å².